The molecule has 2 N–H and O–H groups in total. The lowest BCUT2D eigenvalue weighted by molar-refractivity contribution is -0.131. The van der Waals surface area contributed by atoms with Gasteiger partial charge in [0.05, 0.1) is 4.90 Å². The van der Waals surface area contributed by atoms with Gasteiger partial charge in [0.1, 0.15) is 12.1 Å². The molecule has 0 saturated carbocycles. The number of alkyl carbamates (subject to hydrolysis) is 1. The Morgan fingerprint density at radius 1 is 1.17 bits per heavy atom. The Morgan fingerprint density at radius 3 is 2.38 bits per heavy atom. The molecule has 0 spiro atoms. The zero-order chi connectivity index (χ0) is 21.8. The van der Waals surface area contributed by atoms with E-state index in [-0.39, 0.29) is 23.4 Å². The third-order valence-corrected chi connectivity index (χ3v) is 6.25. The van der Waals surface area contributed by atoms with E-state index in [0.29, 0.717) is 31.5 Å². The van der Waals surface area contributed by atoms with E-state index in [0.717, 1.165) is 5.56 Å². The number of ether oxygens (including phenoxy) is 1. The van der Waals surface area contributed by atoms with Crippen molar-refractivity contribution in [2.24, 2.45) is 0 Å². The maximum Gasteiger partial charge on any atom is 0.408 e. The normalized spacial score (nSPS) is 15.8. The van der Waals surface area contributed by atoms with Gasteiger partial charge in [-0.2, -0.15) is 0 Å². The fraction of sp³-hybridized carbons (Fsp3) is 0.600. The molecule has 2 amide bonds. The second-order valence-electron chi connectivity index (χ2n) is 8.40. The summed E-state index contributed by atoms with van der Waals surface area (Å²) in [6.45, 7) is 9.58. The Morgan fingerprint density at radius 2 is 1.79 bits per heavy atom. The molecule has 0 radical (unpaired) electrons. The van der Waals surface area contributed by atoms with Crippen LogP contribution in [0.3, 0.4) is 0 Å². The van der Waals surface area contributed by atoms with Crippen molar-refractivity contribution in [3.8, 4) is 0 Å². The van der Waals surface area contributed by atoms with Gasteiger partial charge in [0.2, 0.25) is 15.9 Å². The average molecular weight is 426 g/mol. The van der Waals surface area contributed by atoms with Crippen molar-refractivity contribution in [2.75, 3.05) is 19.6 Å². The number of nitrogens with one attached hydrogen (secondary N) is 2. The summed E-state index contributed by atoms with van der Waals surface area (Å²) in [5, 5.41) is 2.45. The summed E-state index contributed by atoms with van der Waals surface area (Å²) >= 11 is 0. The number of carbonyl (C=O) groups excluding carboxylic acids is 2. The summed E-state index contributed by atoms with van der Waals surface area (Å²) in [5.41, 5.74) is 0.955. The monoisotopic (exact) mass is 425 g/mol. The van der Waals surface area contributed by atoms with Crippen LogP contribution in [-0.2, 0) is 19.6 Å². The average Bonchev–Trinajstić information content (AvgIpc) is 2.60. The second kappa shape index (κ2) is 9.13. The third kappa shape index (κ3) is 7.01. The predicted molar refractivity (Wildman–Crippen MR) is 110 cm³/mol. The first-order valence-corrected chi connectivity index (χ1v) is 11.2. The molecule has 162 valence electrons. The smallest absolute Gasteiger partial charge is 0.408 e. The topological polar surface area (TPSA) is 105 Å². The third-order valence-electron chi connectivity index (χ3n) is 4.59. The Bertz CT molecular complexity index is 853. The molecule has 0 aliphatic carbocycles. The molecule has 0 unspecified atom stereocenters. The Kier molecular flexibility index (Phi) is 7.29. The molecule has 0 bridgehead atoms. The van der Waals surface area contributed by atoms with Gasteiger partial charge in [0.25, 0.3) is 0 Å². The molecule has 1 aromatic rings. The Labute approximate surface area is 173 Å². The molecule has 0 atom stereocenters. The van der Waals surface area contributed by atoms with Crippen LogP contribution in [0, 0.1) is 13.8 Å². The largest absolute Gasteiger partial charge is 0.444 e. The molecule has 1 aliphatic rings. The van der Waals surface area contributed by atoms with E-state index >= 15 is 0 Å². The van der Waals surface area contributed by atoms with E-state index in [1.165, 1.54) is 0 Å². The predicted octanol–water partition coefficient (Wildman–Crippen LogP) is 2.10. The molecule has 2 rings (SSSR count). The molecule has 1 fully saturated rings. The molecule has 8 nitrogen and oxygen atoms in total. The molecule has 0 aromatic heterocycles. The summed E-state index contributed by atoms with van der Waals surface area (Å²) in [6.07, 6.45) is 0.395. The van der Waals surface area contributed by atoms with E-state index in [9.17, 15) is 18.0 Å². The van der Waals surface area contributed by atoms with Crippen molar-refractivity contribution in [3.05, 3.63) is 29.3 Å². The highest BCUT2D eigenvalue weighted by Crippen LogP contribution is 2.19. The van der Waals surface area contributed by atoms with Gasteiger partial charge in [-0.15, -0.1) is 0 Å². The zero-order valence-electron chi connectivity index (χ0n) is 17.7. The van der Waals surface area contributed by atoms with Crippen LogP contribution in [0.5, 0.6) is 0 Å². The van der Waals surface area contributed by atoms with E-state index in [1.54, 1.807) is 44.7 Å². The summed E-state index contributed by atoms with van der Waals surface area (Å²) in [7, 11) is -3.62. The molecule has 1 heterocycles. The Balaban J connectivity index is 1.85. The number of likely N-dealkylation sites (tertiary alicyclic amines) is 1. The van der Waals surface area contributed by atoms with Crippen molar-refractivity contribution in [1.29, 1.82) is 0 Å². The quantitative estimate of drug-likeness (QED) is 0.752. The summed E-state index contributed by atoms with van der Waals surface area (Å²) in [5.74, 6) is -0.216. The number of amides is 2. The van der Waals surface area contributed by atoms with Crippen LogP contribution in [0.15, 0.2) is 23.1 Å². The minimum absolute atomic E-state index is 0.145. The van der Waals surface area contributed by atoms with Gasteiger partial charge in [0, 0.05) is 19.1 Å². The van der Waals surface area contributed by atoms with Crippen molar-refractivity contribution < 1.29 is 22.7 Å². The van der Waals surface area contributed by atoms with Crippen LogP contribution in [0.4, 0.5) is 4.79 Å². The van der Waals surface area contributed by atoms with Gasteiger partial charge >= 0.3 is 6.09 Å². The van der Waals surface area contributed by atoms with Gasteiger partial charge in [-0.1, -0.05) is 12.1 Å². The maximum absolute atomic E-state index is 12.7. The highest BCUT2D eigenvalue weighted by molar-refractivity contribution is 7.89. The molecule has 9 heteroatoms. The van der Waals surface area contributed by atoms with Crippen LogP contribution in [0.1, 0.15) is 44.7 Å². The van der Waals surface area contributed by atoms with E-state index in [1.807, 2.05) is 13.0 Å². The van der Waals surface area contributed by atoms with Gasteiger partial charge in [0.15, 0.2) is 0 Å². The lowest BCUT2D eigenvalue weighted by Crippen LogP contribution is -2.49. The molecule has 1 aliphatic heterocycles. The number of hydrogen-bond donors (Lipinski definition) is 2. The fourth-order valence-electron chi connectivity index (χ4n) is 3.10. The first-order valence-electron chi connectivity index (χ1n) is 9.71. The van der Waals surface area contributed by atoms with E-state index < -0.39 is 21.7 Å². The number of benzene rings is 1. The number of sulfonamides is 1. The van der Waals surface area contributed by atoms with Crippen molar-refractivity contribution in [3.63, 3.8) is 0 Å². The molecular weight excluding hydrogens is 394 g/mol. The van der Waals surface area contributed by atoms with Gasteiger partial charge in [-0.05, 0) is 64.7 Å². The van der Waals surface area contributed by atoms with Gasteiger partial charge in [-0.25, -0.2) is 17.9 Å². The Hall–Kier alpha value is -2.13. The minimum Gasteiger partial charge on any atom is -0.444 e. The van der Waals surface area contributed by atoms with Gasteiger partial charge < -0.3 is 15.0 Å². The van der Waals surface area contributed by atoms with Crippen LogP contribution in [-0.4, -0.2) is 56.6 Å². The zero-order valence-corrected chi connectivity index (χ0v) is 18.6. The fourth-order valence-corrected chi connectivity index (χ4v) is 4.73. The van der Waals surface area contributed by atoms with E-state index in [2.05, 4.69) is 10.0 Å². The second-order valence-corrected chi connectivity index (χ2v) is 10.1. The minimum atomic E-state index is -3.62. The standard InChI is InChI=1S/C20H31N3O5S/c1-14-6-7-15(2)17(12-14)29(26,27)22-16-8-10-23(11-9-16)18(24)13-21-19(25)28-20(3,4)5/h6-7,12,16,22H,8-11,13H2,1-5H3,(H,21,25). The highest BCUT2D eigenvalue weighted by Gasteiger charge is 2.28. The number of nitrogens with zero attached hydrogens (tertiary/aromatic N) is 1. The van der Waals surface area contributed by atoms with Crippen LogP contribution >= 0.6 is 0 Å². The van der Waals surface area contributed by atoms with Crippen LogP contribution in [0.2, 0.25) is 0 Å². The van der Waals surface area contributed by atoms with E-state index in [4.69, 9.17) is 4.74 Å². The number of aryl methyl sites for hydroxylation is 2. The van der Waals surface area contributed by atoms with Crippen LogP contribution in [0.25, 0.3) is 0 Å². The molecule has 29 heavy (non-hydrogen) atoms. The summed E-state index contributed by atoms with van der Waals surface area (Å²) in [4.78, 5) is 25.9. The van der Waals surface area contributed by atoms with Crippen molar-refractivity contribution >= 4 is 22.0 Å². The van der Waals surface area contributed by atoms with Gasteiger partial charge in [-0.3, -0.25) is 4.79 Å². The lowest BCUT2D eigenvalue weighted by Gasteiger charge is -2.32. The van der Waals surface area contributed by atoms with Crippen LogP contribution < -0.4 is 10.0 Å². The highest BCUT2D eigenvalue weighted by atomic mass is 32.2. The van der Waals surface area contributed by atoms with Crippen molar-refractivity contribution in [1.82, 2.24) is 14.9 Å². The summed E-state index contributed by atoms with van der Waals surface area (Å²) in [6, 6.07) is 5.11. The number of rotatable bonds is 5. The molecular formula is C20H31N3O5S. The molecule has 1 saturated heterocycles. The first-order chi connectivity index (χ1) is 13.4. The summed E-state index contributed by atoms with van der Waals surface area (Å²) < 4.78 is 33.3. The first kappa shape index (κ1) is 23.2. The number of hydrogen-bond acceptors (Lipinski definition) is 5. The number of piperidine rings is 1. The van der Waals surface area contributed by atoms with Crippen molar-refractivity contribution in [2.45, 2.75) is 64.0 Å². The number of carbonyl (C=O) groups is 2. The maximum atomic E-state index is 12.7. The molecule has 1 aromatic carbocycles. The SMILES string of the molecule is Cc1ccc(C)c(S(=O)(=O)NC2CCN(C(=O)CNC(=O)OC(C)(C)C)CC2)c1. The lowest BCUT2D eigenvalue weighted by atomic mass is 10.1.